The fraction of sp³-hybridized carbons (Fsp3) is 1.00. The van der Waals surface area contributed by atoms with Crippen LogP contribution in [-0.2, 0) is 4.74 Å². The fourth-order valence-electron chi connectivity index (χ4n) is 2.17. The average molecular weight is 213 g/mol. The van der Waals surface area contributed by atoms with Crippen LogP contribution in [0.2, 0.25) is 0 Å². The van der Waals surface area contributed by atoms with Gasteiger partial charge >= 0.3 is 0 Å². The molecule has 0 bridgehead atoms. The maximum atomic E-state index is 6.08. The molecule has 1 saturated carbocycles. The zero-order chi connectivity index (χ0) is 11.1. The molecule has 0 radical (unpaired) electrons. The summed E-state index contributed by atoms with van der Waals surface area (Å²) in [5.41, 5.74) is 0.250. The molecule has 2 nitrogen and oxygen atoms in total. The van der Waals surface area contributed by atoms with Crippen LogP contribution < -0.4 is 5.32 Å². The Morgan fingerprint density at radius 3 is 2.53 bits per heavy atom. The van der Waals surface area contributed by atoms with Crippen molar-refractivity contribution in [2.24, 2.45) is 5.92 Å². The molecule has 15 heavy (non-hydrogen) atoms. The Morgan fingerprint density at radius 1 is 1.33 bits per heavy atom. The van der Waals surface area contributed by atoms with Gasteiger partial charge in [-0.1, -0.05) is 13.8 Å². The normalized spacial score (nSPS) is 19.2. The van der Waals surface area contributed by atoms with Gasteiger partial charge in [-0.25, -0.2) is 0 Å². The van der Waals surface area contributed by atoms with Crippen LogP contribution in [0.25, 0.3) is 0 Å². The van der Waals surface area contributed by atoms with E-state index in [0.717, 1.165) is 19.1 Å². The predicted octanol–water partition coefficient (Wildman–Crippen LogP) is 2.97. The summed E-state index contributed by atoms with van der Waals surface area (Å²) in [5, 5.41) is 3.22. The number of rotatable bonds is 8. The lowest BCUT2D eigenvalue weighted by Crippen LogP contribution is -2.42. The SMILES string of the molecule is CNCCC1(OCCCC(C)C)CCC1. The summed E-state index contributed by atoms with van der Waals surface area (Å²) >= 11 is 0. The van der Waals surface area contributed by atoms with Gasteiger partial charge in [-0.15, -0.1) is 0 Å². The van der Waals surface area contributed by atoms with E-state index < -0.39 is 0 Å². The Kier molecular flexibility index (Phi) is 5.62. The quantitative estimate of drug-likeness (QED) is 0.626. The van der Waals surface area contributed by atoms with Crippen molar-refractivity contribution in [2.45, 2.75) is 58.0 Å². The van der Waals surface area contributed by atoms with E-state index in [4.69, 9.17) is 4.74 Å². The Bertz CT molecular complexity index is 164. The molecule has 0 saturated heterocycles. The monoisotopic (exact) mass is 213 g/mol. The number of hydrogen-bond donors (Lipinski definition) is 1. The van der Waals surface area contributed by atoms with Crippen LogP contribution in [0.3, 0.4) is 0 Å². The van der Waals surface area contributed by atoms with Crippen molar-refractivity contribution < 1.29 is 4.74 Å². The highest BCUT2D eigenvalue weighted by atomic mass is 16.5. The molecule has 0 amide bonds. The molecule has 0 aromatic heterocycles. The van der Waals surface area contributed by atoms with Gasteiger partial charge in [0.15, 0.2) is 0 Å². The minimum Gasteiger partial charge on any atom is -0.375 e. The lowest BCUT2D eigenvalue weighted by Gasteiger charge is -2.42. The van der Waals surface area contributed by atoms with Gasteiger partial charge in [0.2, 0.25) is 0 Å². The number of nitrogens with one attached hydrogen (secondary N) is 1. The van der Waals surface area contributed by atoms with Crippen molar-refractivity contribution in [3.05, 3.63) is 0 Å². The molecule has 0 heterocycles. The Labute approximate surface area is 94.8 Å². The van der Waals surface area contributed by atoms with Gasteiger partial charge in [-0.3, -0.25) is 0 Å². The standard InChI is InChI=1S/C13H27NO/c1-12(2)6-4-11-15-13(7-5-8-13)9-10-14-3/h12,14H,4-11H2,1-3H3. The minimum atomic E-state index is 0.250. The lowest BCUT2D eigenvalue weighted by molar-refractivity contribution is -0.105. The van der Waals surface area contributed by atoms with E-state index >= 15 is 0 Å². The van der Waals surface area contributed by atoms with Crippen LogP contribution in [0.5, 0.6) is 0 Å². The smallest absolute Gasteiger partial charge is 0.0694 e. The number of ether oxygens (including phenoxy) is 1. The van der Waals surface area contributed by atoms with Crippen LogP contribution in [-0.4, -0.2) is 25.8 Å². The third kappa shape index (κ3) is 4.52. The molecule has 1 aliphatic carbocycles. The molecule has 0 unspecified atom stereocenters. The minimum absolute atomic E-state index is 0.250. The molecule has 90 valence electrons. The molecule has 0 aromatic rings. The highest BCUT2D eigenvalue weighted by Gasteiger charge is 2.36. The first-order valence-electron chi connectivity index (χ1n) is 6.47. The molecule has 1 fully saturated rings. The largest absolute Gasteiger partial charge is 0.375 e. The molecule has 1 N–H and O–H groups in total. The first-order valence-corrected chi connectivity index (χ1v) is 6.47. The van der Waals surface area contributed by atoms with E-state index in [2.05, 4.69) is 19.2 Å². The summed E-state index contributed by atoms with van der Waals surface area (Å²) in [6, 6.07) is 0. The second-order valence-corrected chi connectivity index (χ2v) is 5.27. The van der Waals surface area contributed by atoms with Crippen molar-refractivity contribution in [1.29, 1.82) is 0 Å². The van der Waals surface area contributed by atoms with Gasteiger partial charge in [0, 0.05) is 6.61 Å². The summed E-state index contributed by atoms with van der Waals surface area (Å²) in [7, 11) is 2.02. The third-order valence-corrected chi connectivity index (χ3v) is 3.43. The van der Waals surface area contributed by atoms with Crippen LogP contribution in [0, 0.1) is 5.92 Å². The number of hydrogen-bond acceptors (Lipinski definition) is 2. The third-order valence-electron chi connectivity index (χ3n) is 3.43. The fourth-order valence-corrected chi connectivity index (χ4v) is 2.17. The van der Waals surface area contributed by atoms with Crippen molar-refractivity contribution in [3.8, 4) is 0 Å². The molecule has 0 spiro atoms. The second-order valence-electron chi connectivity index (χ2n) is 5.27. The van der Waals surface area contributed by atoms with Gasteiger partial charge in [-0.2, -0.15) is 0 Å². The van der Waals surface area contributed by atoms with Crippen LogP contribution in [0.1, 0.15) is 52.4 Å². The molecular weight excluding hydrogens is 186 g/mol. The van der Waals surface area contributed by atoms with Crippen molar-refractivity contribution in [1.82, 2.24) is 5.32 Å². The zero-order valence-corrected chi connectivity index (χ0v) is 10.6. The van der Waals surface area contributed by atoms with Crippen molar-refractivity contribution >= 4 is 0 Å². The Balaban J connectivity index is 2.10. The Morgan fingerprint density at radius 2 is 2.07 bits per heavy atom. The van der Waals surface area contributed by atoms with Crippen molar-refractivity contribution in [3.63, 3.8) is 0 Å². The molecule has 2 heteroatoms. The second kappa shape index (κ2) is 6.49. The van der Waals surface area contributed by atoms with Gasteiger partial charge in [0.25, 0.3) is 0 Å². The van der Waals surface area contributed by atoms with Gasteiger partial charge in [0.1, 0.15) is 0 Å². The summed E-state index contributed by atoms with van der Waals surface area (Å²) in [5.74, 6) is 0.809. The highest BCUT2D eigenvalue weighted by Crippen LogP contribution is 2.38. The zero-order valence-electron chi connectivity index (χ0n) is 10.6. The topological polar surface area (TPSA) is 21.3 Å². The van der Waals surface area contributed by atoms with E-state index in [0.29, 0.717) is 0 Å². The molecule has 0 aliphatic heterocycles. The van der Waals surface area contributed by atoms with E-state index in [1.165, 1.54) is 38.5 Å². The molecule has 1 rings (SSSR count). The maximum Gasteiger partial charge on any atom is 0.0694 e. The van der Waals surface area contributed by atoms with Gasteiger partial charge in [0.05, 0.1) is 5.60 Å². The van der Waals surface area contributed by atoms with E-state index in [-0.39, 0.29) is 5.60 Å². The van der Waals surface area contributed by atoms with E-state index in [1.54, 1.807) is 0 Å². The first kappa shape index (κ1) is 13.0. The van der Waals surface area contributed by atoms with Crippen LogP contribution in [0.15, 0.2) is 0 Å². The highest BCUT2D eigenvalue weighted by molar-refractivity contribution is 4.90. The molecular formula is C13H27NO. The molecule has 0 aromatic carbocycles. The van der Waals surface area contributed by atoms with E-state index in [9.17, 15) is 0 Å². The lowest BCUT2D eigenvalue weighted by atomic mass is 9.77. The summed E-state index contributed by atoms with van der Waals surface area (Å²) in [6.07, 6.45) is 7.60. The molecule has 0 atom stereocenters. The van der Waals surface area contributed by atoms with Crippen molar-refractivity contribution in [2.75, 3.05) is 20.2 Å². The first-order chi connectivity index (χ1) is 7.18. The van der Waals surface area contributed by atoms with Gasteiger partial charge < -0.3 is 10.1 Å². The average Bonchev–Trinajstić information content (AvgIpc) is 2.14. The molecule has 1 aliphatic rings. The summed E-state index contributed by atoms with van der Waals surface area (Å²) in [4.78, 5) is 0. The summed E-state index contributed by atoms with van der Waals surface area (Å²) in [6.45, 7) is 6.60. The van der Waals surface area contributed by atoms with E-state index in [1.807, 2.05) is 7.05 Å². The van der Waals surface area contributed by atoms with Crippen LogP contribution in [0.4, 0.5) is 0 Å². The Hall–Kier alpha value is -0.0800. The van der Waals surface area contributed by atoms with Gasteiger partial charge in [-0.05, 0) is 58.0 Å². The van der Waals surface area contributed by atoms with Crippen LogP contribution >= 0.6 is 0 Å². The summed E-state index contributed by atoms with van der Waals surface area (Å²) < 4.78 is 6.08. The maximum absolute atomic E-state index is 6.08. The predicted molar refractivity (Wildman–Crippen MR) is 65.1 cm³/mol.